The average molecular weight is 390 g/mol. The first-order chi connectivity index (χ1) is 13.3. The molecule has 1 aliphatic carbocycles. The van der Waals surface area contributed by atoms with Gasteiger partial charge in [-0.3, -0.25) is 14.4 Å². The van der Waals surface area contributed by atoms with Crippen molar-refractivity contribution in [1.29, 1.82) is 0 Å². The summed E-state index contributed by atoms with van der Waals surface area (Å²) in [5.74, 6) is -0.0670. The zero-order valence-electron chi connectivity index (χ0n) is 17.0. The molecule has 0 heterocycles. The number of rotatable bonds is 7. The average Bonchev–Trinajstić information content (AvgIpc) is 2.69. The Labute approximate surface area is 166 Å². The standard InChI is InChI=1S/C21H30N2O5/c1-13-8-7-10-17(14(13)2)23-20(25)15(3)28-19(24)12-22-21(26)16-9-5-6-11-18(16)27-4/h5-6,9,11,13-15,17H,7-8,10,12H2,1-4H3,(H,22,26)(H,23,25)/t13-,14-,15-,17+/m1/s1. The summed E-state index contributed by atoms with van der Waals surface area (Å²) in [4.78, 5) is 36.6. The van der Waals surface area contributed by atoms with Crippen molar-refractivity contribution in [2.24, 2.45) is 11.8 Å². The number of para-hydroxylation sites is 1. The second-order valence-electron chi connectivity index (χ2n) is 7.40. The van der Waals surface area contributed by atoms with Crippen LogP contribution in [0.4, 0.5) is 0 Å². The highest BCUT2D eigenvalue weighted by Gasteiger charge is 2.30. The number of amides is 2. The van der Waals surface area contributed by atoms with Crippen molar-refractivity contribution >= 4 is 17.8 Å². The predicted octanol–water partition coefficient (Wildman–Crippen LogP) is 2.30. The summed E-state index contributed by atoms with van der Waals surface area (Å²) < 4.78 is 10.3. The Kier molecular flexibility index (Phi) is 7.84. The molecule has 0 aromatic heterocycles. The van der Waals surface area contributed by atoms with E-state index in [2.05, 4.69) is 24.5 Å². The van der Waals surface area contributed by atoms with Crippen LogP contribution < -0.4 is 15.4 Å². The summed E-state index contributed by atoms with van der Waals surface area (Å²) in [6.45, 7) is 5.53. The normalized spacial score (nSPS) is 22.6. The molecule has 154 valence electrons. The molecule has 1 aliphatic rings. The van der Waals surface area contributed by atoms with Crippen molar-refractivity contribution in [2.75, 3.05) is 13.7 Å². The van der Waals surface area contributed by atoms with Crippen LogP contribution in [0.5, 0.6) is 5.75 Å². The van der Waals surface area contributed by atoms with Crippen LogP contribution in [-0.4, -0.2) is 43.6 Å². The number of carbonyl (C=O) groups excluding carboxylic acids is 3. The Morgan fingerprint density at radius 2 is 1.89 bits per heavy atom. The number of hydrogen-bond acceptors (Lipinski definition) is 5. The minimum atomic E-state index is -0.917. The summed E-state index contributed by atoms with van der Waals surface area (Å²) in [5, 5.41) is 5.48. The van der Waals surface area contributed by atoms with E-state index in [-0.39, 0.29) is 18.5 Å². The number of carbonyl (C=O) groups is 3. The van der Waals surface area contributed by atoms with Crippen molar-refractivity contribution in [3.05, 3.63) is 29.8 Å². The minimum Gasteiger partial charge on any atom is -0.496 e. The summed E-state index contributed by atoms with van der Waals surface area (Å²) in [6.07, 6.45) is 2.27. The van der Waals surface area contributed by atoms with Crippen LogP contribution in [0.1, 0.15) is 50.4 Å². The van der Waals surface area contributed by atoms with E-state index in [9.17, 15) is 14.4 Å². The molecule has 1 aromatic carbocycles. The van der Waals surface area contributed by atoms with Crippen molar-refractivity contribution in [1.82, 2.24) is 10.6 Å². The highest BCUT2D eigenvalue weighted by molar-refractivity contribution is 5.98. The van der Waals surface area contributed by atoms with Gasteiger partial charge in [0.15, 0.2) is 6.10 Å². The fourth-order valence-electron chi connectivity index (χ4n) is 3.46. The Balaban J connectivity index is 1.80. The summed E-state index contributed by atoms with van der Waals surface area (Å²) >= 11 is 0. The van der Waals surface area contributed by atoms with E-state index in [1.165, 1.54) is 20.5 Å². The molecule has 0 saturated heterocycles. The van der Waals surface area contributed by atoms with E-state index in [0.29, 0.717) is 23.1 Å². The van der Waals surface area contributed by atoms with Crippen LogP contribution >= 0.6 is 0 Å². The van der Waals surface area contributed by atoms with Crippen molar-refractivity contribution in [3.8, 4) is 5.75 Å². The van der Waals surface area contributed by atoms with E-state index in [0.717, 1.165) is 12.8 Å². The first-order valence-corrected chi connectivity index (χ1v) is 9.74. The van der Waals surface area contributed by atoms with Gasteiger partial charge < -0.3 is 20.1 Å². The molecular weight excluding hydrogens is 360 g/mol. The third kappa shape index (κ3) is 5.71. The molecule has 0 spiro atoms. The quantitative estimate of drug-likeness (QED) is 0.697. The lowest BCUT2D eigenvalue weighted by molar-refractivity contribution is -0.154. The Morgan fingerprint density at radius 1 is 1.18 bits per heavy atom. The van der Waals surface area contributed by atoms with Crippen LogP contribution in [0, 0.1) is 11.8 Å². The number of ether oxygens (including phenoxy) is 2. The van der Waals surface area contributed by atoms with Crippen molar-refractivity contribution in [2.45, 2.75) is 52.2 Å². The maximum absolute atomic E-state index is 12.3. The van der Waals surface area contributed by atoms with E-state index >= 15 is 0 Å². The van der Waals surface area contributed by atoms with Gasteiger partial charge in [0.1, 0.15) is 12.3 Å². The smallest absolute Gasteiger partial charge is 0.326 e. The number of benzene rings is 1. The number of methoxy groups -OCH3 is 1. The molecule has 0 bridgehead atoms. The first kappa shape index (κ1) is 21.7. The maximum atomic E-state index is 12.3. The van der Waals surface area contributed by atoms with Gasteiger partial charge in [-0.1, -0.05) is 38.8 Å². The molecule has 1 aromatic rings. The Bertz CT molecular complexity index is 706. The molecule has 1 fully saturated rings. The molecule has 0 radical (unpaired) electrons. The molecule has 7 nitrogen and oxygen atoms in total. The van der Waals surface area contributed by atoms with Gasteiger partial charge >= 0.3 is 5.97 Å². The van der Waals surface area contributed by atoms with Crippen LogP contribution in [0.3, 0.4) is 0 Å². The molecule has 2 rings (SSSR count). The zero-order valence-corrected chi connectivity index (χ0v) is 17.0. The van der Waals surface area contributed by atoms with Gasteiger partial charge in [0.25, 0.3) is 11.8 Å². The van der Waals surface area contributed by atoms with Crippen molar-refractivity contribution < 1.29 is 23.9 Å². The summed E-state index contributed by atoms with van der Waals surface area (Å²) in [7, 11) is 1.47. The lowest BCUT2D eigenvalue weighted by Crippen LogP contribution is -2.48. The topological polar surface area (TPSA) is 93.7 Å². The molecular formula is C21H30N2O5. The minimum absolute atomic E-state index is 0.0997. The molecule has 0 unspecified atom stereocenters. The molecule has 1 saturated carbocycles. The van der Waals surface area contributed by atoms with E-state index < -0.39 is 18.0 Å². The predicted molar refractivity (Wildman–Crippen MR) is 105 cm³/mol. The van der Waals surface area contributed by atoms with Crippen LogP contribution in [-0.2, 0) is 14.3 Å². The van der Waals surface area contributed by atoms with Gasteiger partial charge in [0.05, 0.1) is 12.7 Å². The van der Waals surface area contributed by atoms with Gasteiger partial charge in [-0.25, -0.2) is 0 Å². The molecule has 28 heavy (non-hydrogen) atoms. The van der Waals surface area contributed by atoms with Gasteiger partial charge in [0.2, 0.25) is 0 Å². The van der Waals surface area contributed by atoms with Crippen LogP contribution in [0.15, 0.2) is 24.3 Å². The Hall–Kier alpha value is -2.57. The fraction of sp³-hybridized carbons (Fsp3) is 0.571. The van der Waals surface area contributed by atoms with Gasteiger partial charge in [-0.05, 0) is 37.3 Å². The Morgan fingerprint density at radius 3 is 2.61 bits per heavy atom. The molecule has 2 amide bonds. The highest BCUT2D eigenvalue weighted by Crippen LogP contribution is 2.29. The van der Waals surface area contributed by atoms with E-state index in [4.69, 9.17) is 9.47 Å². The molecule has 7 heteroatoms. The second kappa shape index (κ2) is 10.1. The molecule has 0 aliphatic heterocycles. The van der Waals surface area contributed by atoms with Gasteiger partial charge in [-0.2, -0.15) is 0 Å². The van der Waals surface area contributed by atoms with Crippen LogP contribution in [0.2, 0.25) is 0 Å². The molecule has 4 atom stereocenters. The van der Waals surface area contributed by atoms with Crippen molar-refractivity contribution in [3.63, 3.8) is 0 Å². The number of esters is 1. The van der Waals surface area contributed by atoms with Crippen LogP contribution in [0.25, 0.3) is 0 Å². The van der Waals surface area contributed by atoms with E-state index in [1.54, 1.807) is 24.3 Å². The summed E-state index contributed by atoms with van der Waals surface area (Å²) in [5.41, 5.74) is 0.323. The number of hydrogen-bond donors (Lipinski definition) is 2. The van der Waals surface area contributed by atoms with Gasteiger partial charge in [0, 0.05) is 6.04 Å². The second-order valence-corrected chi connectivity index (χ2v) is 7.40. The largest absolute Gasteiger partial charge is 0.496 e. The third-order valence-corrected chi connectivity index (χ3v) is 5.46. The molecule has 2 N–H and O–H groups in total. The highest BCUT2D eigenvalue weighted by atomic mass is 16.5. The zero-order chi connectivity index (χ0) is 20.7. The SMILES string of the molecule is COc1ccccc1C(=O)NCC(=O)O[C@H](C)C(=O)N[C@H]1CCC[C@@H](C)[C@H]1C. The lowest BCUT2D eigenvalue weighted by Gasteiger charge is -2.35. The summed E-state index contributed by atoms with van der Waals surface area (Å²) in [6, 6.07) is 6.81. The first-order valence-electron chi connectivity index (χ1n) is 9.74. The van der Waals surface area contributed by atoms with Gasteiger partial charge in [-0.15, -0.1) is 0 Å². The lowest BCUT2D eigenvalue weighted by atomic mass is 9.78. The number of nitrogens with one attached hydrogen (secondary N) is 2. The monoisotopic (exact) mass is 390 g/mol. The fourth-order valence-corrected chi connectivity index (χ4v) is 3.46. The maximum Gasteiger partial charge on any atom is 0.326 e. The third-order valence-electron chi connectivity index (χ3n) is 5.46. The van der Waals surface area contributed by atoms with E-state index in [1.807, 2.05) is 0 Å².